The highest BCUT2D eigenvalue weighted by Gasteiger charge is 2.04. The van der Waals surface area contributed by atoms with Gasteiger partial charge in [0.2, 0.25) is 0 Å². The molecule has 0 aromatic heterocycles. The first-order chi connectivity index (χ1) is 9.63. The van der Waals surface area contributed by atoms with Crippen molar-refractivity contribution in [2.24, 2.45) is 0 Å². The van der Waals surface area contributed by atoms with E-state index in [4.69, 9.17) is 16.3 Å². The minimum Gasteiger partial charge on any atom is -0.496 e. The van der Waals surface area contributed by atoms with E-state index >= 15 is 0 Å². The van der Waals surface area contributed by atoms with Gasteiger partial charge in [-0.3, -0.25) is 0 Å². The van der Waals surface area contributed by atoms with Gasteiger partial charge in [-0.05, 0) is 42.3 Å². The van der Waals surface area contributed by atoms with Crippen LogP contribution in [0.15, 0.2) is 36.4 Å². The second-order valence-electron chi connectivity index (χ2n) is 4.62. The first-order valence-electron chi connectivity index (χ1n) is 6.40. The van der Waals surface area contributed by atoms with E-state index in [1.165, 1.54) is 0 Å². The minimum absolute atomic E-state index is 0.0429. The van der Waals surface area contributed by atoms with Crippen LogP contribution < -0.4 is 10.1 Å². The molecule has 4 heteroatoms. The number of halogens is 1. The quantitative estimate of drug-likeness (QED) is 0.881. The third kappa shape index (κ3) is 3.44. The summed E-state index contributed by atoms with van der Waals surface area (Å²) < 4.78 is 5.18. The van der Waals surface area contributed by atoms with Crippen molar-refractivity contribution in [2.75, 3.05) is 12.4 Å². The molecule has 0 amide bonds. The minimum atomic E-state index is -0.0429. The van der Waals surface area contributed by atoms with Crippen LogP contribution in [0.3, 0.4) is 0 Å². The van der Waals surface area contributed by atoms with Crippen molar-refractivity contribution in [1.82, 2.24) is 0 Å². The van der Waals surface area contributed by atoms with Gasteiger partial charge in [0.1, 0.15) is 5.75 Å². The lowest BCUT2D eigenvalue weighted by atomic mass is 10.1. The van der Waals surface area contributed by atoms with Crippen molar-refractivity contribution in [3.05, 3.63) is 58.1 Å². The summed E-state index contributed by atoms with van der Waals surface area (Å²) in [5.41, 5.74) is 3.94. The summed E-state index contributed by atoms with van der Waals surface area (Å²) in [5, 5.41) is 13.4. The highest BCUT2D eigenvalue weighted by atomic mass is 35.5. The van der Waals surface area contributed by atoms with E-state index < -0.39 is 0 Å². The molecule has 0 aliphatic rings. The molecule has 0 bridgehead atoms. The fourth-order valence-corrected chi connectivity index (χ4v) is 2.15. The van der Waals surface area contributed by atoms with Crippen molar-refractivity contribution < 1.29 is 9.84 Å². The Labute approximate surface area is 124 Å². The average molecular weight is 292 g/mol. The van der Waals surface area contributed by atoms with Gasteiger partial charge in [-0.2, -0.15) is 0 Å². The number of nitrogens with one attached hydrogen (secondary N) is 1. The van der Waals surface area contributed by atoms with E-state index in [2.05, 4.69) is 11.4 Å². The molecule has 0 aliphatic carbocycles. The van der Waals surface area contributed by atoms with Gasteiger partial charge in [-0.1, -0.05) is 23.7 Å². The van der Waals surface area contributed by atoms with Crippen molar-refractivity contribution in [3.8, 4) is 5.75 Å². The molecule has 0 heterocycles. The summed E-state index contributed by atoms with van der Waals surface area (Å²) >= 11 is 6.01. The SMILES string of the molecule is COc1ccc(NCc2ccc(Cl)c(C)c2)cc1CO. The van der Waals surface area contributed by atoms with Crippen LogP contribution in [0, 0.1) is 6.92 Å². The van der Waals surface area contributed by atoms with Gasteiger partial charge in [0, 0.05) is 22.8 Å². The zero-order valence-corrected chi connectivity index (χ0v) is 12.4. The first-order valence-corrected chi connectivity index (χ1v) is 6.78. The highest BCUT2D eigenvalue weighted by Crippen LogP contribution is 2.23. The van der Waals surface area contributed by atoms with Crippen LogP contribution in [0.1, 0.15) is 16.7 Å². The number of aliphatic hydroxyl groups is 1. The molecule has 0 saturated heterocycles. The summed E-state index contributed by atoms with van der Waals surface area (Å²) in [5.74, 6) is 0.695. The summed E-state index contributed by atoms with van der Waals surface area (Å²) in [7, 11) is 1.60. The summed E-state index contributed by atoms with van der Waals surface area (Å²) in [4.78, 5) is 0. The molecule has 106 valence electrons. The summed E-state index contributed by atoms with van der Waals surface area (Å²) in [6.07, 6.45) is 0. The number of anilines is 1. The number of hydrogen-bond donors (Lipinski definition) is 2. The van der Waals surface area contributed by atoms with E-state index in [0.717, 1.165) is 27.4 Å². The molecule has 2 aromatic rings. The van der Waals surface area contributed by atoms with Gasteiger partial charge in [0.15, 0.2) is 0 Å². The van der Waals surface area contributed by atoms with Crippen LogP contribution >= 0.6 is 11.6 Å². The predicted octanol–water partition coefficient (Wildman–Crippen LogP) is 3.76. The normalized spacial score (nSPS) is 10.4. The Bertz CT molecular complexity index is 599. The molecule has 0 fully saturated rings. The lowest BCUT2D eigenvalue weighted by molar-refractivity contribution is 0.274. The number of methoxy groups -OCH3 is 1. The van der Waals surface area contributed by atoms with Gasteiger partial charge >= 0.3 is 0 Å². The van der Waals surface area contributed by atoms with Gasteiger partial charge < -0.3 is 15.2 Å². The Hall–Kier alpha value is -1.71. The van der Waals surface area contributed by atoms with Crippen LogP contribution in [-0.2, 0) is 13.2 Å². The molecule has 2 N–H and O–H groups in total. The van der Waals surface area contributed by atoms with Crippen LogP contribution in [0.4, 0.5) is 5.69 Å². The lowest BCUT2D eigenvalue weighted by Crippen LogP contribution is -2.01. The van der Waals surface area contributed by atoms with Crippen molar-refractivity contribution in [2.45, 2.75) is 20.1 Å². The Morgan fingerprint density at radius 1 is 1.20 bits per heavy atom. The molecule has 0 saturated carbocycles. The molecule has 0 radical (unpaired) electrons. The number of aryl methyl sites for hydroxylation is 1. The largest absolute Gasteiger partial charge is 0.496 e. The zero-order chi connectivity index (χ0) is 14.5. The Kier molecular flexibility index (Phi) is 4.88. The molecule has 2 aromatic carbocycles. The van der Waals surface area contributed by atoms with Crippen LogP contribution in [0.25, 0.3) is 0 Å². The third-order valence-electron chi connectivity index (χ3n) is 3.17. The van der Waals surface area contributed by atoms with Crippen LogP contribution in [0.2, 0.25) is 5.02 Å². The maximum Gasteiger partial charge on any atom is 0.124 e. The maximum absolute atomic E-state index is 9.30. The molecule has 0 unspecified atom stereocenters. The summed E-state index contributed by atoms with van der Waals surface area (Å²) in [6, 6.07) is 11.6. The monoisotopic (exact) mass is 291 g/mol. The molecular weight excluding hydrogens is 274 g/mol. The molecule has 20 heavy (non-hydrogen) atoms. The second kappa shape index (κ2) is 6.64. The molecular formula is C16H18ClNO2. The van der Waals surface area contributed by atoms with Crippen molar-refractivity contribution in [1.29, 1.82) is 0 Å². The van der Waals surface area contributed by atoms with E-state index in [9.17, 15) is 5.11 Å². The molecule has 3 nitrogen and oxygen atoms in total. The number of rotatable bonds is 5. The van der Waals surface area contributed by atoms with E-state index in [-0.39, 0.29) is 6.61 Å². The fraction of sp³-hybridized carbons (Fsp3) is 0.250. The van der Waals surface area contributed by atoms with Crippen LogP contribution in [0.5, 0.6) is 5.75 Å². The lowest BCUT2D eigenvalue weighted by Gasteiger charge is -2.11. The smallest absolute Gasteiger partial charge is 0.124 e. The Balaban J connectivity index is 2.08. The molecule has 0 atom stereocenters. The van der Waals surface area contributed by atoms with Gasteiger partial charge in [-0.25, -0.2) is 0 Å². The number of ether oxygens (including phenoxy) is 1. The number of benzene rings is 2. The Morgan fingerprint density at radius 2 is 2.00 bits per heavy atom. The second-order valence-corrected chi connectivity index (χ2v) is 5.03. The van der Waals surface area contributed by atoms with E-state index in [1.54, 1.807) is 7.11 Å². The van der Waals surface area contributed by atoms with Crippen molar-refractivity contribution >= 4 is 17.3 Å². The number of hydrogen-bond acceptors (Lipinski definition) is 3. The Morgan fingerprint density at radius 3 is 2.65 bits per heavy atom. The summed E-state index contributed by atoms with van der Waals surface area (Å²) in [6.45, 7) is 2.65. The predicted molar refractivity (Wildman–Crippen MR) is 82.4 cm³/mol. The van der Waals surface area contributed by atoms with E-state index in [0.29, 0.717) is 12.3 Å². The molecule has 0 spiro atoms. The molecule has 2 rings (SSSR count). The van der Waals surface area contributed by atoms with Gasteiger partial charge in [0.05, 0.1) is 13.7 Å². The average Bonchev–Trinajstić information content (AvgIpc) is 2.48. The topological polar surface area (TPSA) is 41.5 Å². The fourth-order valence-electron chi connectivity index (χ4n) is 2.03. The van der Waals surface area contributed by atoms with Crippen molar-refractivity contribution in [3.63, 3.8) is 0 Å². The van der Waals surface area contributed by atoms with Gasteiger partial charge in [-0.15, -0.1) is 0 Å². The van der Waals surface area contributed by atoms with Gasteiger partial charge in [0.25, 0.3) is 0 Å². The van der Waals surface area contributed by atoms with E-state index in [1.807, 2.05) is 37.3 Å². The number of aliphatic hydroxyl groups excluding tert-OH is 1. The highest BCUT2D eigenvalue weighted by molar-refractivity contribution is 6.31. The maximum atomic E-state index is 9.30. The zero-order valence-electron chi connectivity index (χ0n) is 11.6. The van der Waals surface area contributed by atoms with Crippen LogP contribution in [-0.4, -0.2) is 12.2 Å². The molecule has 0 aliphatic heterocycles. The standard InChI is InChI=1S/C16H18ClNO2/c1-11-7-12(3-5-15(11)17)9-18-14-4-6-16(20-2)13(8-14)10-19/h3-8,18-19H,9-10H2,1-2H3. The first kappa shape index (κ1) is 14.7. The third-order valence-corrected chi connectivity index (χ3v) is 3.59.